The molecule has 4 heteroatoms. The molecule has 2 rings (SSSR count). The van der Waals surface area contributed by atoms with Crippen LogP contribution in [0, 0.1) is 0 Å². The summed E-state index contributed by atoms with van der Waals surface area (Å²) in [5.74, 6) is 0. The van der Waals surface area contributed by atoms with E-state index in [4.69, 9.17) is 0 Å². The van der Waals surface area contributed by atoms with E-state index in [1.165, 1.54) is 0 Å². The molecule has 0 saturated carbocycles. The molecule has 1 aromatic carbocycles. The lowest BCUT2D eigenvalue weighted by Crippen LogP contribution is -2.48. The molecule has 0 unspecified atom stereocenters. The minimum absolute atomic E-state index is 0.0256. The molecule has 2 aromatic rings. The third kappa shape index (κ3) is 3.45. The van der Waals surface area contributed by atoms with E-state index >= 15 is 0 Å². The first-order valence-corrected chi connectivity index (χ1v) is 7.60. The predicted molar refractivity (Wildman–Crippen MR) is 90.3 cm³/mol. The van der Waals surface area contributed by atoms with Gasteiger partial charge in [0.2, 0.25) is 0 Å². The number of benzene rings is 1. The van der Waals surface area contributed by atoms with Gasteiger partial charge in [0.15, 0.2) is 0 Å². The van der Waals surface area contributed by atoms with Gasteiger partial charge in [0.25, 0.3) is 0 Å². The van der Waals surface area contributed by atoms with E-state index in [1.807, 2.05) is 75.1 Å². The highest BCUT2D eigenvalue weighted by Crippen LogP contribution is 2.27. The molecule has 0 aliphatic rings. The Balaban J connectivity index is 2.47. The van der Waals surface area contributed by atoms with E-state index in [2.05, 4.69) is 4.98 Å². The SMILES string of the molecule is CC(C)N(C(=O)N(c1ccccc1)c1ccncc1)C(C)C. The van der Waals surface area contributed by atoms with Crippen LogP contribution in [-0.4, -0.2) is 28.0 Å². The molecule has 2 amide bonds. The molecule has 4 nitrogen and oxygen atoms in total. The standard InChI is InChI=1S/C18H23N3O/c1-14(2)20(15(3)4)18(22)21(16-8-6-5-7-9-16)17-10-12-19-13-11-17/h5-15H,1-4H3. The summed E-state index contributed by atoms with van der Waals surface area (Å²) in [6, 6.07) is 13.6. The molecule has 22 heavy (non-hydrogen) atoms. The monoisotopic (exact) mass is 297 g/mol. The molecule has 1 heterocycles. The molecule has 1 aromatic heterocycles. The summed E-state index contributed by atoms with van der Waals surface area (Å²) < 4.78 is 0. The van der Waals surface area contributed by atoms with Gasteiger partial charge in [0, 0.05) is 24.5 Å². The summed E-state index contributed by atoms with van der Waals surface area (Å²) in [6.45, 7) is 8.14. The normalized spacial score (nSPS) is 10.8. The number of pyridine rings is 1. The zero-order chi connectivity index (χ0) is 16.1. The van der Waals surface area contributed by atoms with Crippen molar-refractivity contribution >= 4 is 17.4 Å². The van der Waals surface area contributed by atoms with E-state index < -0.39 is 0 Å². The zero-order valence-corrected chi connectivity index (χ0v) is 13.6. The maximum atomic E-state index is 13.2. The van der Waals surface area contributed by atoms with Crippen molar-refractivity contribution in [1.82, 2.24) is 9.88 Å². The molecule has 0 N–H and O–H groups in total. The second kappa shape index (κ2) is 7.07. The average molecular weight is 297 g/mol. The van der Waals surface area contributed by atoms with Gasteiger partial charge in [-0.3, -0.25) is 9.88 Å². The maximum absolute atomic E-state index is 13.2. The van der Waals surface area contributed by atoms with Crippen molar-refractivity contribution in [3.63, 3.8) is 0 Å². The highest BCUT2D eigenvalue weighted by atomic mass is 16.2. The number of anilines is 2. The predicted octanol–water partition coefficient (Wildman–Crippen LogP) is 4.46. The molecule has 0 saturated heterocycles. The highest BCUT2D eigenvalue weighted by Gasteiger charge is 2.27. The van der Waals surface area contributed by atoms with E-state index in [0.29, 0.717) is 0 Å². The van der Waals surface area contributed by atoms with Crippen molar-refractivity contribution in [2.45, 2.75) is 39.8 Å². The van der Waals surface area contributed by atoms with Crippen molar-refractivity contribution < 1.29 is 4.79 Å². The Labute approximate surface area is 132 Å². The first-order valence-electron chi connectivity index (χ1n) is 7.60. The van der Waals surface area contributed by atoms with Crippen molar-refractivity contribution in [3.8, 4) is 0 Å². The number of carbonyl (C=O) groups is 1. The average Bonchev–Trinajstić information content (AvgIpc) is 2.49. The quantitative estimate of drug-likeness (QED) is 0.835. The van der Waals surface area contributed by atoms with E-state index in [9.17, 15) is 4.79 Å². The number of hydrogen-bond acceptors (Lipinski definition) is 2. The first kappa shape index (κ1) is 16.0. The molecule has 0 spiro atoms. The zero-order valence-electron chi connectivity index (χ0n) is 13.6. The summed E-state index contributed by atoms with van der Waals surface area (Å²) in [7, 11) is 0. The molecule has 0 bridgehead atoms. The second-order valence-electron chi connectivity index (χ2n) is 5.75. The van der Waals surface area contributed by atoms with Gasteiger partial charge in [-0.2, -0.15) is 0 Å². The molecule has 116 valence electrons. The van der Waals surface area contributed by atoms with Gasteiger partial charge in [-0.15, -0.1) is 0 Å². The third-order valence-electron chi connectivity index (χ3n) is 3.46. The van der Waals surface area contributed by atoms with Crippen molar-refractivity contribution in [2.24, 2.45) is 0 Å². The summed E-state index contributed by atoms with van der Waals surface area (Å²) in [6.07, 6.45) is 3.40. The lowest BCUT2D eigenvalue weighted by atomic mass is 10.2. The number of urea groups is 1. The Morgan fingerprint density at radius 3 is 1.86 bits per heavy atom. The highest BCUT2D eigenvalue weighted by molar-refractivity contribution is 5.99. The number of rotatable bonds is 4. The maximum Gasteiger partial charge on any atom is 0.329 e. The molecule has 0 aliphatic heterocycles. The Hall–Kier alpha value is -2.36. The largest absolute Gasteiger partial charge is 0.329 e. The molecule has 0 atom stereocenters. The van der Waals surface area contributed by atoms with Crippen LogP contribution in [0.25, 0.3) is 0 Å². The lowest BCUT2D eigenvalue weighted by Gasteiger charge is -2.36. The Bertz CT molecular complexity index is 549. The van der Waals surface area contributed by atoms with E-state index in [0.717, 1.165) is 11.4 Å². The van der Waals surface area contributed by atoms with Crippen molar-refractivity contribution in [2.75, 3.05) is 4.90 Å². The second-order valence-corrected chi connectivity index (χ2v) is 5.75. The molecule has 0 fully saturated rings. The summed E-state index contributed by atoms with van der Waals surface area (Å²) >= 11 is 0. The summed E-state index contributed by atoms with van der Waals surface area (Å²) in [5.41, 5.74) is 1.67. The van der Waals surface area contributed by atoms with Gasteiger partial charge >= 0.3 is 6.03 Å². The van der Waals surface area contributed by atoms with E-state index in [1.54, 1.807) is 17.3 Å². The van der Waals surface area contributed by atoms with Crippen molar-refractivity contribution in [3.05, 3.63) is 54.9 Å². The number of para-hydroxylation sites is 1. The molecule has 0 aliphatic carbocycles. The fraction of sp³-hybridized carbons (Fsp3) is 0.333. The van der Waals surface area contributed by atoms with Gasteiger partial charge in [-0.05, 0) is 52.0 Å². The topological polar surface area (TPSA) is 36.4 Å². The number of nitrogens with zero attached hydrogens (tertiary/aromatic N) is 3. The van der Waals surface area contributed by atoms with Crippen LogP contribution in [0.15, 0.2) is 54.9 Å². The van der Waals surface area contributed by atoms with Crippen LogP contribution in [0.1, 0.15) is 27.7 Å². The van der Waals surface area contributed by atoms with Crippen LogP contribution in [-0.2, 0) is 0 Å². The molecular formula is C18H23N3O. The van der Waals surface area contributed by atoms with Crippen LogP contribution >= 0.6 is 0 Å². The van der Waals surface area contributed by atoms with Gasteiger partial charge < -0.3 is 4.90 Å². The number of carbonyl (C=O) groups excluding carboxylic acids is 1. The van der Waals surface area contributed by atoms with Gasteiger partial charge in [0.1, 0.15) is 0 Å². The minimum Gasteiger partial charge on any atom is -0.319 e. The van der Waals surface area contributed by atoms with Gasteiger partial charge in [-0.1, -0.05) is 18.2 Å². The van der Waals surface area contributed by atoms with Crippen LogP contribution < -0.4 is 4.90 Å². The Morgan fingerprint density at radius 1 is 0.864 bits per heavy atom. The summed E-state index contributed by atoms with van der Waals surface area (Å²) in [4.78, 5) is 20.8. The third-order valence-corrected chi connectivity index (χ3v) is 3.46. The fourth-order valence-corrected chi connectivity index (χ4v) is 2.59. The van der Waals surface area contributed by atoms with Crippen molar-refractivity contribution in [1.29, 1.82) is 0 Å². The van der Waals surface area contributed by atoms with Crippen LogP contribution in [0.2, 0.25) is 0 Å². The number of hydrogen-bond donors (Lipinski definition) is 0. The summed E-state index contributed by atoms with van der Waals surface area (Å²) in [5, 5.41) is 0. The van der Waals surface area contributed by atoms with Crippen LogP contribution in [0.4, 0.5) is 16.2 Å². The number of aromatic nitrogens is 1. The first-order chi connectivity index (χ1) is 10.5. The molecule has 0 radical (unpaired) electrons. The Morgan fingerprint density at radius 2 is 1.36 bits per heavy atom. The van der Waals surface area contributed by atoms with Crippen LogP contribution in [0.5, 0.6) is 0 Å². The smallest absolute Gasteiger partial charge is 0.319 e. The number of amides is 2. The fourth-order valence-electron chi connectivity index (χ4n) is 2.59. The molecular weight excluding hydrogens is 274 g/mol. The van der Waals surface area contributed by atoms with E-state index in [-0.39, 0.29) is 18.1 Å². The lowest BCUT2D eigenvalue weighted by molar-refractivity contribution is 0.174. The van der Waals surface area contributed by atoms with Crippen LogP contribution in [0.3, 0.4) is 0 Å². The van der Waals surface area contributed by atoms with Gasteiger partial charge in [0.05, 0.1) is 11.4 Å². The van der Waals surface area contributed by atoms with Gasteiger partial charge in [-0.25, -0.2) is 4.79 Å². The minimum atomic E-state index is -0.0256. The Kier molecular flexibility index (Phi) is 5.15.